The van der Waals surface area contributed by atoms with Crippen LogP contribution in [0.3, 0.4) is 0 Å². The average Bonchev–Trinajstić information content (AvgIpc) is 2.26. The Balaban J connectivity index is 2.42. The molecule has 0 aliphatic rings. The number of carbonyl (C=O) groups excluding carboxylic acids is 1. The van der Waals surface area contributed by atoms with E-state index in [1.54, 1.807) is 0 Å². The summed E-state index contributed by atoms with van der Waals surface area (Å²) in [7, 11) is 0. The van der Waals surface area contributed by atoms with Crippen molar-refractivity contribution in [3.63, 3.8) is 0 Å². The molecule has 2 heteroatoms. The topological polar surface area (TPSA) is 26.3 Å². The second kappa shape index (κ2) is 6.58. The first-order valence-electron chi connectivity index (χ1n) is 6.65. The Morgan fingerprint density at radius 2 is 1.83 bits per heavy atom. The summed E-state index contributed by atoms with van der Waals surface area (Å²) in [5.74, 6) is 0.255. The van der Waals surface area contributed by atoms with E-state index in [4.69, 9.17) is 4.74 Å². The normalized spacial score (nSPS) is 11.6. The minimum absolute atomic E-state index is 0.0944. The smallest absolute Gasteiger partial charge is 0.306 e. The van der Waals surface area contributed by atoms with E-state index in [0.717, 1.165) is 12.8 Å². The summed E-state index contributed by atoms with van der Waals surface area (Å²) in [6.45, 7) is 8.01. The molecule has 18 heavy (non-hydrogen) atoms. The molecule has 0 spiro atoms. The summed E-state index contributed by atoms with van der Waals surface area (Å²) in [5.41, 5.74) is 0.896. The highest BCUT2D eigenvalue weighted by Crippen LogP contribution is 2.19. The Kier molecular flexibility index (Phi) is 5.39. The Hall–Kier alpha value is -1.31. The molecule has 0 unspecified atom stereocenters. The highest BCUT2D eigenvalue weighted by molar-refractivity contribution is 5.70. The third-order valence-corrected chi connectivity index (χ3v) is 2.82. The zero-order chi connectivity index (χ0) is 13.6. The van der Waals surface area contributed by atoms with E-state index in [1.165, 1.54) is 5.56 Å². The third-order valence-electron chi connectivity index (χ3n) is 2.82. The van der Waals surface area contributed by atoms with Gasteiger partial charge in [-0.15, -0.1) is 0 Å². The molecule has 0 atom stereocenters. The Morgan fingerprint density at radius 3 is 2.39 bits per heavy atom. The quantitative estimate of drug-likeness (QED) is 0.712. The van der Waals surface area contributed by atoms with E-state index >= 15 is 0 Å². The summed E-state index contributed by atoms with van der Waals surface area (Å²) in [5, 5.41) is 0. The van der Waals surface area contributed by atoms with Crippen LogP contribution in [0.15, 0.2) is 30.3 Å². The Bertz CT molecular complexity index is 366. The number of rotatable bonds is 6. The molecular weight excluding hydrogens is 224 g/mol. The van der Waals surface area contributed by atoms with Gasteiger partial charge in [-0.3, -0.25) is 4.79 Å². The van der Waals surface area contributed by atoms with Crippen molar-refractivity contribution in [2.24, 2.45) is 5.92 Å². The molecule has 2 nitrogen and oxygen atoms in total. The van der Waals surface area contributed by atoms with Crippen LogP contribution in [0.25, 0.3) is 0 Å². The van der Waals surface area contributed by atoms with Crippen molar-refractivity contribution >= 4 is 5.97 Å². The van der Waals surface area contributed by atoms with Crippen molar-refractivity contribution in [3.8, 4) is 0 Å². The number of aryl methyl sites for hydroxylation is 1. The van der Waals surface area contributed by atoms with Gasteiger partial charge in [0.1, 0.15) is 5.60 Å². The standard InChI is InChI=1S/C16H24O2/c1-13(2)12-15(17)18-16(3,4)11-10-14-8-6-5-7-9-14/h5-9,13H,10-12H2,1-4H3. The van der Waals surface area contributed by atoms with Crippen LogP contribution in [0.2, 0.25) is 0 Å². The van der Waals surface area contributed by atoms with Gasteiger partial charge in [0.05, 0.1) is 0 Å². The molecule has 0 radical (unpaired) electrons. The molecule has 100 valence electrons. The number of carbonyl (C=O) groups is 1. The van der Waals surface area contributed by atoms with Crippen LogP contribution in [0.5, 0.6) is 0 Å². The van der Waals surface area contributed by atoms with Gasteiger partial charge in [0.15, 0.2) is 0 Å². The number of hydrogen-bond acceptors (Lipinski definition) is 2. The summed E-state index contributed by atoms with van der Waals surface area (Å²) >= 11 is 0. The van der Waals surface area contributed by atoms with Crippen molar-refractivity contribution in [3.05, 3.63) is 35.9 Å². The van der Waals surface area contributed by atoms with E-state index in [2.05, 4.69) is 12.1 Å². The second-order valence-corrected chi connectivity index (χ2v) is 5.82. The number of ether oxygens (including phenoxy) is 1. The molecule has 0 saturated carbocycles. The Labute approximate surface area is 110 Å². The monoisotopic (exact) mass is 248 g/mol. The van der Waals surface area contributed by atoms with Crippen molar-refractivity contribution < 1.29 is 9.53 Å². The molecule has 0 aliphatic carbocycles. The molecule has 0 bridgehead atoms. The fourth-order valence-corrected chi connectivity index (χ4v) is 1.82. The fourth-order valence-electron chi connectivity index (χ4n) is 1.82. The van der Waals surface area contributed by atoms with E-state index < -0.39 is 0 Å². The lowest BCUT2D eigenvalue weighted by Gasteiger charge is -2.25. The van der Waals surface area contributed by atoms with Crippen LogP contribution < -0.4 is 0 Å². The lowest BCUT2D eigenvalue weighted by atomic mass is 9.98. The number of esters is 1. The first kappa shape index (κ1) is 14.7. The van der Waals surface area contributed by atoms with Crippen LogP contribution in [0.1, 0.15) is 46.1 Å². The van der Waals surface area contributed by atoms with Gasteiger partial charge < -0.3 is 4.74 Å². The zero-order valence-electron chi connectivity index (χ0n) is 11.9. The minimum Gasteiger partial charge on any atom is -0.460 e. The molecule has 0 fully saturated rings. The molecule has 0 aliphatic heterocycles. The predicted octanol–water partition coefficient (Wildman–Crippen LogP) is 3.99. The first-order valence-corrected chi connectivity index (χ1v) is 6.65. The van der Waals surface area contributed by atoms with Crippen LogP contribution >= 0.6 is 0 Å². The first-order chi connectivity index (χ1) is 8.39. The molecule has 0 aromatic heterocycles. The summed E-state index contributed by atoms with van der Waals surface area (Å²) in [4.78, 5) is 11.7. The Morgan fingerprint density at radius 1 is 1.22 bits per heavy atom. The molecular formula is C16H24O2. The highest BCUT2D eigenvalue weighted by atomic mass is 16.6. The van der Waals surface area contributed by atoms with Gasteiger partial charge in [0.2, 0.25) is 0 Å². The van der Waals surface area contributed by atoms with Gasteiger partial charge in [-0.25, -0.2) is 0 Å². The van der Waals surface area contributed by atoms with Gasteiger partial charge in [-0.05, 0) is 38.2 Å². The van der Waals surface area contributed by atoms with Gasteiger partial charge in [-0.1, -0.05) is 44.2 Å². The number of hydrogen-bond donors (Lipinski definition) is 0. The minimum atomic E-state index is -0.387. The maximum atomic E-state index is 11.7. The zero-order valence-corrected chi connectivity index (χ0v) is 11.9. The van der Waals surface area contributed by atoms with E-state index in [9.17, 15) is 4.79 Å². The van der Waals surface area contributed by atoms with E-state index in [-0.39, 0.29) is 11.6 Å². The lowest BCUT2D eigenvalue weighted by molar-refractivity contribution is -0.157. The van der Waals surface area contributed by atoms with Crippen molar-refractivity contribution in [2.75, 3.05) is 0 Å². The second-order valence-electron chi connectivity index (χ2n) is 5.82. The molecule has 1 aromatic rings. The molecule has 0 saturated heterocycles. The summed E-state index contributed by atoms with van der Waals surface area (Å²) in [6.07, 6.45) is 2.28. The SMILES string of the molecule is CC(C)CC(=O)OC(C)(C)CCc1ccccc1. The van der Waals surface area contributed by atoms with Crippen LogP contribution in [0, 0.1) is 5.92 Å². The summed E-state index contributed by atoms with van der Waals surface area (Å²) < 4.78 is 5.53. The van der Waals surface area contributed by atoms with E-state index in [0.29, 0.717) is 12.3 Å². The average molecular weight is 248 g/mol. The molecule has 0 amide bonds. The van der Waals surface area contributed by atoms with Crippen LogP contribution in [-0.4, -0.2) is 11.6 Å². The van der Waals surface area contributed by atoms with Crippen LogP contribution in [-0.2, 0) is 16.0 Å². The number of benzene rings is 1. The van der Waals surface area contributed by atoms with Crippen molar-refractivity contribution in [2.45, 2.75) is 52.6 Å². The molecule has 1 aromatic carbocycles. The van der Waals surface area contributed by atoms with Crippen molar-refractivity contribution in [1.29, 1.82) is 0 Å². The maximum Gasteiger partial charge on any atom is 0.306 e. The molecule has 0 heterocycles. The summed E-state index contributed by atoms with van der Waals surface area (Å²) in [6, 6.07) is 10.3. The highest BCUT2D eigenvalue weighted by Gasteiger charge is 2.22. The largest absolute Gasteiger partial charge is 0.460 e. The molecule has 0 N–H and O–H groups in total. The van der Waals surface area contributed by atoms with E-state index in [1.807, 2.05) is 45.9 Å². The molecule has 1 rings (SSSR count). The van der Waals surface area contributed by atoms with Gasteiger partial charge in [-0.2, -0.15) is 0 Å². The van der Waals surface area contributed by atoms with Gasteiger partial charge in [0.25, 0.3) is 0 Å². The predicted molar refractivity (Wildman–Crippen MR) is 74.4 cm³/mol. The van der Waals surface area contributed by atoms with Gasteiger partial charge >= 0.3 is 5.97 Å². The van der Waals surface area contributed by atoms with Crippen molar-refractivity contribution in [1.82, 2.24) is 0 Å². The fraction of sp³-hybridized carbons (Fsp3) is 0.562. The third kappa shape index (κ3) is 5.85. The lowest BCUT2D eigenvalue weighted by Crippen LogP contribution is -2.29. The van der Waals surface area contributed by atoms with Crippen LogP contribution in [0.4, 0.5) is 0 Å². The van der Waals surface area contributed by atoms with Gasteiger partial charge in [0, 0.05) is 6.42 Å². The maximum absolute atomic E-state index is 11.7.